The second kappa shape index (κ2) is 4.07. The molecular weight excluding hydrogens is 241 g/mol. The second-order valence-corrected chi connectivity index (χ2v) is 6.06. The molecule has 2 nitrogen and oxygen atoms in total. The molecule has 4 rings (SSSR count). The number of furan rings is 1. The molecule has 2 saturated carbocycles. The highest BCUT2D eigenvalue weighted by atomic mass is 19.1. The summed E-state index contributed by atoms with van der Waals surface area (Å²) in [6, 6.07) is 7.30. The van der Waals surface area contributed by atoms with Gasteiger partial charge in [-0.3, -0.25) is 0 Å². The van der Waals surface area contributed by atoms with Crippen LogP contribution in [0.2, 0.25) is 0 Å². The van der Waals surface area contributed by atoms with Crippen molar-refractivity contribution in [3.8, 4) is 0 Å². The maximum Gasteiger partial charge on any atom is 0.169 e. The van der Waals surface area contributed by atoms with Gasteiger partial charge in [0.15, 0.2) is 11.4 Å². The van der Waals surface area contributed by atoms with E-state index in [1.807, 2.05) is 19.2 Å². The molecule has 3 atom stereocenters. The van der Waals surface area contributed by atoms with Gasteiger partial charge in [-0.25, -0.2) is 4.39 Å². The first kappa shape index (κ1) is 11.5. The molecule has 0 bridgehead atoms. The molecule has 2 aliphatic carbocycles. The number of nitrogens with one attached hydrogen (secondary N) is 1. The normalized spacial score (nSPS) is 30.5. The number of fused-ring (bicyclic) bond motifs is 2. The van der Waals surface area contributed by atoms with Gasteiger partial charge in [-0.15, -0.1) is 0 Å². The van der Waals surface area contributed by atoms with Crippen LogP contribution in [0.4, 0.5) is 4.39 Å². The predicted octanol–water partition coefficient (Wildman–Crippen LogP) is 3.88. The van der Waals surface area contributed by atoms with Crippen molar-refractivity contribution >= 4 is 11.0 Å². The first-order valence-electron chi connectivity index (χ1n) is 7.11. The third-order valence-corrected chi connectivity index (χ3v) is 4.88. The number of para-hydroxylation sites is 1. The van der Waals surface area contributed by atoms with Crippen LogP contribution in [-0.4, -0.2) is 7.05 Å². The number of hydrogen-bond acceptors (Lipinski definition) is 2. The Balaban J connectivity index is 1.69. The lowest BCUT2D eigenvalue weighted by atomic mass is 9.92. The lowest BCUT2D eigenvalue weighted by Crippen LogP contribution is -2.24. The van der Waals surface area contributed by atoms with Crippen molar-refractivity contribution in [3.05, 3.63) is 35.8 Å². The average Bonchev–Trinajstić information content (AvgIpc) is 2.85. The summed E-state index contributed by atoms with van der Waals surface area (Å²) in [6.07, 6.45) is 3.99. The van der Waals surface area contributed by atoms with Crippen LogP contribution in [0.15, 0.2) is 28.7 Å². The van der Waals surface area contributed by atoms with Crippen molar-refractivity contribution in [1.82, 2.24) is 5.32 Å². The van der Waals surface area contributed by atoms with Crippen LogP contribution < -0.4 is 5.32 Å². The molecule has 1 aromatic carbocycles. The smallest absolute Gasteiger partial charge is 0.169 e. The molecule has 3 heteroatoms. The first-order chi connectivity index (χ1) is 9.26. The van der Waals surface area contributed by atoms with Crippen LogP contribution in [0.3, 0.4) is 0 Å². The molecule has 2 fully saturated rings. The zero-order valence-corrected chi connectivity index (χ0v) is 11.0. The fourth-order valence-electron chi connectivity index (χ4n) is 3.84. The molecule has 100 valence electrons. The van der Waals surface area contributed by atoms with Gasteiger partial charge in [0.2, 0.25) is 0 Å². The minimum Gasteiger partial charge on any atom is -0.456 e. The van der Waals surface area contributed by atoms with E-state index in [9.17, 15) is 4.39 Å². The lowest BCUT2D eigenvalue weighted by Gasteiger charge is -2.22. The van der Waals surface area contributed by atoms with Crippen LogP contribution in [0, 0.1) is 23.6 Å². The summed E-state index contributed by atoms with van der Waals surface area (Å²) in [5.41, 5.74) is 0.390. The maximum absolute atomic E-state index is 13.7. The molecule has 2 aromatic rings. The zero-order chi connectivity index (χ0) is 13.0. The molecule has 0 aliphatic heterocycles. The Labute approximate surface area is 112 Å². The Morgan fingerprint density at radius 2 is 2.05 bits per heavy atom. The second-order valence-electron chi connectivity index (χ2n) is 6.06. The summed E-state index contributed by atoms with van der Waals surface area (Å²) in [5, 5.41) is 4.23. The van der Waals surface area contributed by atoms with Gasteiger partial charge in [-0.05, 0) is 56.2 Å². The van der Waals surface area contributed by atoms with E-state index in [0.29, 0.717) is 11.5 Å². The summed E-state index contributed by atoms with van der Waals surface area (Å²) in [7, 11) is 1.97. The van der Waals surface area contributed by atoms with Crippen LogP contribution in [0.5, 0.6) is 0 Å². The molecule has 1 aromatic heterocycles. The molecule has 1 heterocycles. The third kappa shape index (κ3) is 1.79. The Bertz CT molecular complexity index is 610. The van der Waals surface area contributed by atoms with E-state index in [1.165, 1.54) is 25.3 Å². The van der Waals surface area contributed by atoms with Gasteiger partial charge in [0.25, 0.3) is 0 Å². The number of halogens is 1. The molecular formula is C16H18FNO. The molecule has 3 unspecified atom stereocenters. The molecule has 0 amide bonds. The van der Waals surface area contributed by atoms with E-state index < -0.39 is 0 Å². The Morgan fingerprint density at radius 1 is 1.26 bits per heavy atom. The minimum atomic E-state index is -0.270. The highest BCUT2D eigenvalue weighted by Crippen LogP contribution is 2.57. The van der Waals surface area contributed by atoms with Crippen molar-refractivity contribution < 1.29 is 8.81 Å². The Morgan fingerprint density at radius 3 is 2.74 bits per heavy atom. The number of rotatable bonds is 3. The van der Waals surface area contributed by atoms with Gasteiger partial charge in [0.05, 0.1) is 6.04 Å². The molecule has 0 radical (unpaired) electrons. The third-order valence-electron chi connectivity index (χ3n) is 4.88. The highest BCUT2D eigenvalue weighted by molar-refractivity contribution is 5.78. The largest absolute Gasteiger partial charge is 0.456 e. The summed E-state index contributed by atoms with van der Waals surface area (Å²) < 4.78 is 19.5. The van der Waals surface area contributed by atoms with Crippen LogP contribution in [-0.2, 0) is 0 Å². The standard InChI is InChI=1S/C16H18FNO/c1-18-15(12-6-10-5-11(10)7-12)14-8-9-3-2-4-13(17)16(9)19-14/h2-4,8,10-12,15,18H,5-7H2,1H3. The minimum absolute atomic E-state index is 0.222. The van der Waals surface area contributed by atoms with Crippen molar-refractivity contribution in [2.24, 2.45) is 17.8 Å². The van der Waals surface area contributed by atoms with Gasteiger partial charge < -0.3 is 9.73 Å². The maximum atomic E-state index is 13.7. The van der Waals surface area contributed by atoms with E-state index in [2.05, 4.69) is 5.32 Å². The quantitative estimate of drug-likeness (QED) is 0.905. The topological polar surface area (TPSA) is 25.2 Å². The number of benzene rings is 1. The monoisotopic (exact) mass is 259 g/mol. The first-order valence-corrected chi connectivity index (χ1v) is 7.11. The van der Waals surface area contributed by atoms with Crippen molar-refractivity contribution in [2.45, 2.75) is 25.3 Å². The highest BCUT2D eigenvalue weighted by Gasteiger charge is 2.48. The summed E-state index contributed by atoms with van der Waals surface area (Å²) in [6.45, 7) is 0. The van der Waals surface area contributed by atoms with Gasteiger partial charge >= 0.3 is 0 Å². The predicted molar refractivity (Wildman–Crippen MR) is 72.3 cm³/mol. The molecule has 0 saturated heterocycles. The SMILES string of the molecule is CNC(c1cc2cccc(F)c2o1)C1CC2CC2C1. The molecule has 19 heavy (non-hydrogen) atoms. The van der Waals surface area contributed by atoms with Crippen molar-refractivity contribution in [1.29, 1.82) is 0 Å². The summed E-state index contributed by atoms with van der Waals surface area (Å²) in [4.78, 5) is 0. The molecule has 0 spiro atoms. The number of hydrogen-bond donors (Lipinski definition) is 1. The van der Waals surface area contributed by atoms with Gasteiger partial charge in [0, 0.05) is 5.39 Å². The van der Waals surface area contributed by atoms with Crippen LogP contribution in [0.25, 0.3) is 11.0 Å². The van der Waals surface area contributed by atoms with E-state index in [0.717, 1.165) is 23.0 Å². The lowest BCUT2D eigenvalue weighted by molar-refractivity contribution is 0.314. The van der Waals surface area contributed by atoms with Crippen molar-refractivity contribution in [2.75, 3.05) is 7.05 Å². The van der Waals surface area contributed by atoms with Gasteiger partial charge in [0.1, 0.15) is 5.76 Å². The van der Waals surface area contributed by atoms with Crippen LogP contribution >= 0.6 is 0 Å². The Hall–Kier alpha value is -1.35. The summed E-state index contributed by atoms with van der Waals surface area (Å²) >= 11 is 0. The van der Waals surface area contributed by atoms with E-state index in [-0.39, 0.29) is 11.9 Å². The fraction of sp³-hybridized carbons (Fsp3) is 0.500. The Kier molecular flexibility index (Phi) is 2.46. The van der Waals surface area contributed by atoms with E-state index >= 15 is 0 Å². The van der Waals surface area contributed by atoms with E-state index in [1.54, 1.807) is 6.07 Å². The fourth-order valence-corrected chi connectivity index (χ4v) is 3.84. The molecule has 2 aliphatic rings. The molecule has 1 N–H and O–H groups in total. The van der Waals surface area contributed by atoms with Crippen LogP contribution in [0.1, 0.15) is 31.1 Å². The van der Waals surface area contributed by atoms with Crippen molar-refractivity contribution in [3.63, 3.8) is 0 Å². The van der Waals surface area contributed by atoms with E-state index in [4.69, 9.17) is 4.42 Å². The van der Waals surface area contributed by atoms with Gasteiger partial charge in [-0.2, -0.15) is 0 Å². The average molecular weight is 259 g/mol. The van der Waals surface area contributed by atoms with Gasteiger partial charge in [-0.1, -0.05) is 12.1 Å². The zero-order valence-electron chi connectivity index (χ0n) is 11.0. The summed E-state index contributed by atoms with van der Waals surface area (Å²) in [5.74, 6) is 3.14.